The van der Waals surface area contributed by atoms with E-state index in [0.717, 1.165) is 22.4 Å². The van der Waals surface area contributed by atoms with Crippen LogP contribution >= 0.6 is 0 Å². The molecule has 2 atom stereocenters. The monoisotopic (exact) mass is 378 g/mol. The Morgan fingerprint density at radius 3 is 2.29 bits per heavy atom. The predicted octanol–water partition coefficient (Wildman–Crippen LogP) is 4.71. The molecule has 2 unspecified atom stereocenters. The molecule has 0 aromatic heterocycles. The molecule has 0 radical (unpaired) electrons. The van der Waals surface area contributed by atoms with E-state index >= 15 is 0 Å². The largest absolute Gasteiger partial charge is 0.494 e. The number of aryl methyl sites for hydroxylation is 1. The Bertz CT molecular complexity index is 862. The lowest BCUT2D eigenvalue weighted by atomic mass is 9.73. The number of carbonyl (C=O) groups excluding carboxylic acids is 2. The van der Waals surface area contributed by atoms with Crippen LogP contribution in [-0.2, 0) is 14.3 Å². The summed E-state index contributed by atoms with van der Waals surface area (Å²) in [6.45, 7) is 6.57. The summed E-state index contributed by atoms with van der Waals surface area (Å²) in [5, 5.41) is 0. The molecule has 4 heteroatoms. The van der Waals surface area contributed by atoms with Crippen LogP contribution in [-0.4, -0.2) is 25.0 Å². The van der Waals surface area contributed by atoms with Crippen LogP contribution in [0.1, 0.15) is 42.9 Å². The summed E-state index contributed by atoms with van der Waals surface area (Å²) < 4.78 is 10.7. The molecule has 0 saturated heterocycles. The Balaban J connectivity index is 1.97. The van der Waals surface area contributed by atoms with E-state index in [2.05, 4.69) is 0 Å². The van der Waals surface area contributed by atoms with Crippen molar-refractivity contribution in [2.75, 3.05) is 13.2 Å². The fourth-order valence-corrected chi connectivity index (χ4v) is 3.64. The van der Waals surface area contributed by atoms with Crippen LogP contribution in [0.15, 0.2) is 54.6 Å². The predicted molar refractivity (Wildman–Crippen MR) is 109 cm³/mol. The molecule has 0 bridgehead atoms. The quantitative estimate of drug-likeness (QED) is 0.539. The van der Waals surface area contributed by atoms with Gasteiger partial charge >= 0.3 is 5.97 Å². The molecule has 0 spiro atoms. The second-order valence-corrected chi connectivity index (χ2v) is 6.98. The third-order valence-corrected chi connectivity index (χ3v) is 5.05. The van der Waals surface area contributed by atoms with Crippen LogP contribution in [0.5, 0.6) is 5.75 Å². The Labute approximate surface area is 166 Å². The van der Waals surface area contributed by atoms with Crippen molar-refractivity contribution in [1.82, 2.24) is 0 Å². The van der Waals surface area contributed by atoms with E-state index in [-0.39, 0.29) is 18.3 Å². The molecular formula is C24H26O4. The first-order valence-corrected chi connectivity index (χ1v) is 9.74. The van der Waals surface area contributed by atoms with Gasteiger partial charge in [-0.15, -0.1) is 0 Å². The molecule has 4 nitrogen and oxygen atoms in total. The van der Waals surface area contributed by atoms with Crippen molar-refractivity contribution < 1.29 is 19.1 Å². The molecule has 1 aliphatic carbocycles. The molecule has 0 amide bonds. The van der Waals surface area contributed by atoms with Gasteiger partial charge in [-0.25, -0.2) is 0 Å². The standard InChI is InChI=1S/C24H26O4/c1-4-27-20-12-10-18(11-13-20)21-14-19(17-8-6-16(3)7-9-17)15-22(25)23(21)24(26)28-5-2/h6-13,15,21,23H,4-5,14H2,1-3H3. The number of benzene rings is 2. The van der Waals surface area contributed by atoms with Gasteiger partial charge in [0.2, 0.25) is 0 Å². The molecule has 0 N–H and O–H groups in total. The van der Waals surface area contributed by atoms with Gasteiger partial charge in [0.25, 0.3) is 0 Å². The second-order valence-electron chi connectivity index (χ2n) is 6.98. The third-order valence-electron chi connectivity index (χ3n) is 5.05. The third kappa shape index (κ3) is 4.33. The summed E-state index contributed by atoms with van der Waals surface area (Å²) >= 11 is 0. The van der Waals surface area contributed by atoms with Crippen LogP contribution < -0.4 is 4.74 Å². The van der Waals surface area contributed by atoms with Gasteiger partial charge in [0.15, 0.2) is 5.78 Å². The zero-order valence-electron chi connectivity index (χ0n) is 16.6. The number of ether oxygens (including phenoxy) is 2. The molecule has 0 saturated carbocycles. The summed E-state index contributed by atoms with van der Waals surface area (Å²) in [7, 11) is 0. The Hall–Kier alpha value is -2.88. The SMILES string of the molecule is CCOC(=O)C1C(=O)C=C(c2ccc(C)cc2)CC1c1ccc(OCC)cc1. The lowest BCUT2D eigenvalue weighted by molar-refractivity contribution is -0.151. The van der Waals surface area contributed by atoms with Crippen molar-refractivity contribution in [2.24, 2.45) is 5.92 Å². The first-order valence-electron chi connectivity index (χ1n) is 9.74. The number of hydrogen-bond acceptors (Lipinski definition) is 4. The van der Waals surface area contributed by atoms with E-state index in [4.69, 9.17) is 9.47 Å². The lowest BCUT2D eigenvalue weighted by Gasteiger charge is -2.29. The highest BCUT2D eigenvalue weighted by molar-refractivity contribution is 6.10. The van der Waals surface area contributed by atoms with Crippen LogP contribution in [0.25, 0.3) is 5.57 Å². The summed E-state index contributed by atoms with van der Waals surface area (Å²) in [4.78, 5) is 25.5. The number of hydrogen-bond donors (Lipinski definition) is 0. The highest BCUT2D eigenvalue weighted by Gasteiger charge is 2.39. The number of rotatable bonds is 6. The minimum atomic E-state index is -0.813. The smallest absolute Gasteiger partial charge is 0.317 e. The summed E-state index contributed by atoms with van der Waals surface area (Å²) in [5.41, 5.74) is 4.06. The van der Waals surface area contributed by atoms with Gasteiger partial charge < -0.3 is 9.47 Å². The number of carbonyl (C=O) groups is 2. The fraction of sp³-hybridized carbons (Fsp3) is 0.333. The van der Waals surface area contributed by atoms with Gasteiger partial charge in [0.1, 0.15) is 11.7 Å². The number of esters is 1. The van der Waals surface area contributed by atoms with Crippen LogP contribution in [0.2, 0.25) is 0 Å². The van der Waals surface area contributed by atoms with E-state index < -0.39 is 11.9 Å². The van der Waals surface area contributed by atoms with Crippen molar-refractivity contribution in [2.45, 2.75) is 33.1 Å². The molecule has 1 aliphatic rings. The van der Waals surface area contributed by atoms with Crippen LogP contribution in [0, 0.1) is 12.8 Å². The van der Waals surface area contributed by atoms with Gasteiger partial charge in [-0.3, -0.25) is 9.59 Å². The topological polar surface area (TPSA) is 52.6 Å². The zero-order chi connectivity index (χ0) is 20.1. The van der Waals surface area contributed by atoms with Crippen molar-refractivity contribution in [3.05, 3.63) is 71.3 Å². The van der Waals surface area contributed by atoms with Gasteiger partial charge in [-0.2, -0.15) is 0 Å². The van der Waals surface area contributed by atoms with Crippen molar-refractivity contribution in [1.29, 1.82) is 0 Å². The second kappa shape index (κ2) is 8.87. The van der Waals surface area contributed by atoms with Crippen LogP contribution in [0.3, 0.4) is 0 Å². The van der Waals surface area contributed by atoms with Crippen LogP contribution in [0.4, 0.5) is 0 Å². The number of ketones is 1. The average Bonchev–Trinajstić information content (AvgIpc) is 2.69. The van der Waals surface area contributed by atoms with Gasteiger partial charge in [0, 0.05) is 5.92 Å². The molecule has 2 aromatic carbocycles. The molecular weight excluding hydrogens is 352 g/mol. The minimum absolute atomic E-state index is 0.195. The molecule has 2 aromatic rings. The van der Waals surface area contributed by atoms with E-state index in [0.29, 0.717) is 13.0 Å². The molecule has 3 rings (SSSR count). The van der Waals surface area contributed by atoms with Crippen molar-refractivity contribution in [3.63, 3.8) is 0 Å². The molecule has 0 fully saturated rings. The van der Waals surface area contributed by atoms with E-state index in [1.807, 2.05) is 62.4 Å². The minimum Gasteiger partial charge on any atom is -0.494 e. The molecule has 0 heterocycles. The lowest BCUT2D eigenvalue weighted by Crippen LogP contribution is -2.34. The molecule has 28 heavy (non-hydrogen) atoms. The molecule has 0 aliphatic heterocycles. The summed E-state index contributed by atoms with van der Waals surface area (Å²) in [6, 6.07) is 15.8. The average molecular weight is 378 g/mol. The fourth-order valence-electron chi connectivity index (χ4n) is 3.64. The van der Waals surface area contributed by atoms with Gasteiger partial charge in [0.05, 0.1) is 13.2 Å². The molecule has 146 valence electrons. The maximum atomic E-state index is 12.9. The zero-order valence-corrected chi connectivity index (χ0v) is 16.6. The Morgan fingerprint density at radius 2 is 1.68 bits per heavy atom. The maximum Gasteiger partial charge on any atom is 0.317 e. The van der Waals surface area contributed by atoms with Crippen molar-refractivity contribution >= 4 is 17.3 Å². The Kier molecular flexibility index (Phi) is 6.30. The summed E-state index contributed by atoms with van der Waals surface area (Å²) in [6.07, 6.45) is 2.21. The summed E-state index contributed by atoms with van der Waals surface area (Å²) in [5.74, 6) is -0.948. The van der Waals surface area contributed by atoms with Gasteiger partial charge in [-0.1, -0.05) is 42.0 Å². The first-order chi connectivity index (χ1) is 13.5. The number of allylic oxidation sites excluding steroid dienone is 2. The van der Waals surface area contributed by atoms with Crippen molar-refractivity contribution in [3.8, 4) is 5.75 Å². The van der Waals surface area contributed by atoms with E-state index in [1.54, 1.807) is 13.0 Å². The normalized spacial score (nSPS) is 19.1. The van der Waals surface area contributed by atoms with Gasteiger partial charge in [-0.05, 0) is 62.1 Å². The highest BCUT2D eigenvalue weighted by Crippen LogP contribution is 2.40. The maximum absolute atomic E-state index is 12.9. The van der Waals surface area contributed by atoms with E-state index in [9.17, 15) is 9.59 Å². The first kappa shape index (κ1) is 19.9. The van der Waals surface area contributed by atoms with E-state index in [1.165, 1.54) is 5.56 Å². The highest BCUT2D eigenvalue weighted by atomic mass is 16.5. The Morgan fingerprint density at radius 1 is 1.00 bits per heavy atom.